The van der Waals surface area contributed by atoms with Crippen LogP contribution in [-0.4, -0.2) is 20.4 Å². The van der Waals surface area contributed by atoms with E-state index in [0.717, 1.165) is 29.1 Å². The number of rotatable bonds is 4. The van der Waals surface area contributed by atoms with Crippen LogP contribution in [0.4, 0.5) is 0 Å². The van der Waals surface area contributed by atoms with Gasteiger partial charge in [0.15, 0.2) is 5.65 Å². The first-order chi connectivity index (χ1) is 10.2. The number of imidazole rings is 1. The molecular weight excluding hydrogens is 282 g/mol. The first-order valence-corrected chi connectivity index (χ1v) is 7.73. The van der Waals surface area contributed by atoms with Crippen molar-refractivity contribution in [3.05, 3.63) is 54.0 Å². The Bertz CT molecular complexity index is 744. The molecule has 3 aromatic rings. The first-order valence-electron chi connectivity index (χ1n) is 7.19. The maximum atomic E-state index is 5.92. The molecule has 3 nitrogen and oxygen atoms in total. The standard InChI is InChI=1S/C17H18ClN3/c1-12(2)13-5-7-14(8-6-13)21-16(9-10-18)20-15-4-3-11-19-17(15)21/h3-8,11-12H,9-10H2,1-2H3. The molecular formula is C17H18ClN3. The third-order valence-electron chi connectivity index (χ3n) is 3.62. The van der Waals surface area contributed by atoms with Crippen LogP contribution in [0.1, 0.15) is 31.2 Å². The van der Waals surface area contributed by atoms with E-state index in [1.165, 1.54) is 5.56 Å². The van der Waals surface area contributed by atoms with Crippen molar-refractivity contribution in [1.29, 1.82) is 0 Å². The number of alkyl halides is 1. The summed E-state index contributed by atoms with van der Waals surface area (Å²) in [4.78, 5) is 9.13. The van der Waals surface area contributed by atoms with Crippen LogP contribution >= 0.6 is 11.6 Å². The zero-order chi connectivity index (χ0) is 14.8. The number of halogens is 1. The second kappa shape index (κ2) is 5.86. The largest absolute Gasteiger partial charge is 0.281 e. The average molecular weight is 300 g/mol. The van der Waals surface area contributed by atoms with Crippen LogP contribution in [0.2, 0.25) is 0 Å². The van der Waals surface area contributed by atoms with Crippen molar-refractivity contribution in [2.45, 2.75) is 26.2 Å². The van der Waals surface area contributed by atoms with Crippen molar-refractivity contribution in [1.82, 2.24) is 14.5 Å². The lowest BCUT2D eigenvalue weighted by Crippen LogP contribution is -2.03. The number of benzene rings is 1. The third kappa shape index (κ3) is 2.66. The van der Waals surface area contributed by atoms with E-state index in [2.05, 4.69) is 52.6 Å². The fourth-order valence-electron chi connectivity index (χ4n) is 2.49. The van der Waals surface area contributed by atoms with Crippen molar-refractivity contribution in [3.63, 3.8) is 0 Å². The number of fused-ring (bicyclic) bond motifs is 1. The second-order valence-electron chi connectivity index (χ2n) is 5.39. The first kappa shape index (κ1) is 14.1. The van der Waals surface area contributed by atoms with Gasteiger partial charge in [-0.15, -0.1) is 11.6 Å². The molecule has 0 spiro atoms. The highest BCUT2D eigenvalue weighted by atomic mass is 35.5. The average Bonchev–Trinajstić information content (AvgIpc) is 2.85. The van der Waals surface area contributed by atoms with Gasteiger partial charge >= 0.3 is 0 Å². The molecule has 4 heteroatoms. The predicted octanol–water partition coefficient (Wildman–Crippen LogP) is 4.33. The molecule has 0 amide bonds. The number of pyridine rings is 1. The summed E-state index contributed by atoms with van der Waals surface area (Å²) in [7, 11) is 0. The Morgan fingerprint density at radius 1 is 1.14 bits per heavy atom. The molecule has 21 heavy (non-hydrogen) atoms. The second-order valence-corrected chi connectivity index (χ2v) is 5.77. The molecule has 0 aliphatic heterocycles. The summed E-state index contributed by atoms with van der Waals surface area (Å²) in [5.41, 5.74) is 4.20. The molecule has 0 saturated carbocycles. The van der Waals surface area contributed by atoms with Crippen LogP contribution in [-0.2, 0) is 6.42 Å². The van der Waals surface area contributed by atoms with Gasteiger partial charge in [-0.25, -0.2) is 9.97 Å². The van der Waals surface area contributed by atoms with Gasteiger partial charge in [0.2, 0.25) is 0 Å². The molecule has 0 radical (unpaired) electrons. The minimum absolute atomic E-state index is 0.527. The molecule has 0 atom stereocenters. The van der Waals surface area contributed by atoms with E-state index in [-0.39, 0.29) is 0 Å². The van der Waals surface area contributed by atoms with Crippen LogP contribution in [0.25, 0.3) is 16.9 Å². The molecule has 2 aromatic heterocycles. The lowest BCUT2D eigenvalue weighted by Gasteiger charge is -2.10. The molecule has 0 unspecified atom stereocenters. The van der Waals surface area contributed by atoms with Crippen molar-refractivity contribution >= 4 is 22.8 Å². The van der Waals surface area contributed by atoms with Crippen LogP contribution in [0.5, 0.6) is 0 Å². The van der Waals surface area contributed by atoms with E-state index >= 15 is 0 Å². The lowest BCUT2D eigenvalue weighted by atomic mass is 10.0. The van der Waals surface area contributed by atoms with Gasteiger partial charge in [0.1, 0.15) is 11.3 Å². The predicted molar refractivity (Wildman–Crippen MR) is 87.4 cm³/mol. The van der Waals surface area contributed by atoms with Gasteiger partial charge in [-0.05, 0) is 35.7 Å². The van der Waals surface area contributed by atoms with Gasteiger partial charge in [-0.1, -0.05) is 26.0 Å². The zero-order valence-electron chi connectivity index (χ0n) is 12.3. The summed E-state index contributed by atoms with van der Waals surface area (Å²) in [6, 6.07) is 12.5. The Hall–Kier alpha value is -1.87. The highest BCUT2D eigenvalue weighted by Gasteiger charge is 2.13. The summed E-state index contributed by atoms with van der Waals surface area (Å²) in [5.74, 6) is 2.03. The van der Waals surface area contributed by atoms with E-state index in [4.69, 9.17) is 11.6 Å². The summed E-state index contributed by atoms with van der Waals surface area (Å²) >= 11 is 5.92. The van der Waals surface area contributed by atoms with Crippen LogP contribution in [0.15, 0.2) is 42.6 Å². The summed E-state index contributed by atoms with van der Waals surface area (Å²) in [5, 5.41) is 0. The SMILES string of the molecule is CC(C)c1ccc(-n2c(CCCl)nc3cccnc32)cc1. The Morgan fingerprint density at radius 2 is 1.90 bits per heavy atom. The molecule has 2 heterocycles. The fourth-order valence-corrected chi connectivity index (χ4v) is 2.66. The van der Waals surface area contributed by atoms with E-state index in [0.29, 0.717) is 11.8 Å². The van der Waals surface area contributed by atoms with Gasteiger partial charge in [0.05, 0.1) is 0 Å². The molecule has 3 rings (SSSR count). The summed E-state index contributed by atoms with van der Waals surface area (Å²) < 4.78 is 2.10. The number of nitrogens with zero attached hydrogens (tertiary/aromatic N) is 3. The highest BCUT2D eigenvalue weighted by molar-refractivity contribution is 6.17. The van der Waals surface area contributed by atoms with Gasteiger partial charge < -0.3 is 0 Å². The molecule has 0 aliphatic rings. The third-order valence-corrected chi connectivity index (χ3v) is 3.81. The van der Waals surface area contributed by atoms with Crippen molar-refractivity contribution < 1.29 is 0 Å². The fraction of sp³-hybridized carbons (Fsp3) is 0.294. The minimum Gasteiger partial charge on any atom is -0.281 e. The zero-order valence-corrected chi connectivity index (χ0v) is 13.0. The molecule has 1 aromatic carbocycles. The monoisotopic (exact) mass is 299 g/mol. The lowest BCUT2D eigenvalue weighted by molar-refractivity contribution is 0.861. The van der Waals surface area contributed by atoms with Crippen molar-refractivity contribution in [2.75, 3.05) is 5.88 Å². The highest BCUT2D eigenvalue weighted by Crippen LogP contribution is 2.22. The van der Waals surface area contributed by atoms with Gasteiger partial charge in [-0.3, -0.25) is 4.57 Å². The van der Waals surface area contributed by atoms with Crippen molar-refractivity contribution in [2.24, 2.45) is 0 Å². The van der Waals surface area contributed by atoms with Crippen LogP contribution < -0.4 is 0 Å². The van der Waals surface area contributed by atoms with Gasteiger partial charge in [-0.2, -0.15) is 0 Å². The van der Waals surface area contributed by atoms with E-state index in [9.17, 15) is 0 Å². The maximum Gasteiger partial charge on any atom is 0.164 e. The number of aromatic nitrogens is 3. The van der Waals surface area contributed by atoms with Gasteiger partial charge in [0, 0.05) is 24.2 Å². The molecule has 0 bridgehead atoms. The molecule has 0 aliphatic carbocycles. The number of hydrogen-bond acceptors (Lipinski definition) is 2. The normalized spacial score (nSPS) is 11.4. The van der Waals surface area contributed by atoms with E-state index in [1.54, 1.807) is 6.20 Å². The number of aryl methyl sites for hydroxylation is 1. The summed E-state index contributed by atoms with van der Waals surface area (Å²) in [6.45, 7) is 4.39. The Balaban J connectivity index is 2.15. The van der Waals surface area contributed by atoms with Crippen molar-refractivity contribution in [3.8, 4) is 5.69 Å². The molecule has 0 saturated heterocycles. The van der Waals surface area contributed by atoms with Crippen LogP contribution in [0.3, 0.4) is 0 Å². The van der Waals surface area contributed by atoms with Gasteiger partial charge in [0.25, 0.3) is 0 Å². The smallest absolute Gasteiger partial charge is 0.164 e. The minimum atomic E-state index is 0.527. The maximum absolute atomic E-state index is 5.92. The Labute approximate surface area is 129 Å². The molecule has 0 N–H and O–H groups in total. The van der Waals surface area contributed by atoms with E-state index < -0.39 is 0 Å². The Morgan fingerprint density at radius 3 is 2.57 bits per heavy atom. The number of hydrogen-bond donors (Lipinski definition) is 0. The quantitative estimate of drug-likeness (QED) is 0.672. The van der Waals surface area contributed by atoms with Crippen LogP contribution in [0, 0.1) is 0 Å². The summed E-state index contributed by atoms with van der Waals surface area (Å²) in [6.07, 6.45) is 2.53. The van der Waals surface area contributed by atoms with E-state index in [1.807, 2.05) is 12.1 Å². The molecule has 108 valence electrons. The molecule has 0 fully saturated rings. The topological polar surface area (TPSA) is 30.7 Å². The Kier molecular flexibility index (Phi) is 3.93.